The Labute approximate surface area is 146 Å². The normalized spacial score (nSPS) is 19.9. The molecule has 1 aliphatic heterocycles. The van der Waals surface area contributed by atoms with Gasteiger partial charge < -0.3 is 19.5 Å². The number of piperidine rings is 1. The Bertz CT molecular complexity index is 650. The molecule has 6 heteroatoms. The number of carboxylic acids is 1. The third-order valence-electron chi connectivity index (χ3n) is 4.97. The van der Waals surface area contributed by atoms with Gasteiger partial charge in [0.2, 0.25) is 0 Å². The van der Waals surface area contributed by atoms with E-state index in [4.69, 9.17) is 4.74 Å². The lowest BCUT2D eigenvalue weighted by atomic mass is 9.69. The molecule has 1 fully saturated rings. The summed E-state index contributed by atoms with van der Waals surface area (Å²) in [6.45, 7) is 6.93. The van der Waals surface area contributed by atoms with Gasteiger partial charge in [0.1, 0.15) is 5.60 Å². The van der Waals surface area contributed by atoms with E-state index in [0.717, 1.165) is 37.7 Å². The van der Waals surface area contributed by atoms with Crippen LogP contribution < -0.4 is 5.11 Å². The molecule has 0 radical (unpaired) electrons. The molecule has 1 spiro atoms. The Balaban J connectivity index is 1.75. The molecule has 2 aliphatic rings. The number of aryl methyl sites for hydroxylation is 1. The summed E-state index contributed by atoms with van der Waals surface area (Å²) in [5, 5.41) is 11.2. The molecule has 0 aromatic carbocycles. The molecule has 1 amide bonds. The number of likely N-dealkylation sites (tertiary alicyclic amines) is 1. The smallest absolute Gasteiger partial charge is 0.410 e. The van der Waals surface area contributed by atoms with E-state index in [1.165, 1.54) is 16.2 Å². The summed E-state index contributed by atoms with van der Waals surface area (Å²) in [5.74, 6) is -1.09. The van der Waals surface area contributed by atoms with Crippen molar-refractivity contribution in [2.24, 2.45) is 0 Å². The number of amides is 1. The molecule has 0 bridgehead atoms. The SMILES string of the molecule is CC(C)(C)OC(=O)N1CCC2(CCCc3cc(C(=O)[O-])sc32)CC1. The summed E-state index contributed by atoms with van der Waals surface area (Å²) in [7, 11) is 0. The van der Waals surface area contributed by atoms with E-state index in [2.05, 4.69) is 0 Å². The fourth-order valence-electron chi connectivity index (χ4n) is 3.82. The average molecular weight is 350 g/mol. The second-order valence-electron chi connectivity index (χ2n) is 7.85. The highest BCUT2D eigenvalue weighted by molar-refractivity contribution is 7.14. The van der Waals surface area contributed by atoms with Gasteiger partial charge in [-0.3, -0.25) is 0 Å². The third kappa shape index (κ3) is 3.29. The topological polar surface area (TPSA) is 69.7 Å². The molecule has 1 aromatic rings. The number of carboxylic acid groups (broad SMARTS) is 1. The Morgan fingerprint density at radius 3 is 2.50 bits per heavy atom. The summed E-state index contributed by atoms with van der Waals surface area (Å²) < 4.78 is 5.46. The van der Waals surface area contributed by atoms with Gasteiger partial charge in [-0.2, -0.15) is 0 Å². The van der Waals surface area contributed by atoms with Crippen molar-refractivity contribution in [2.45, 2.75) is 63.9 Å². The number of ether oxygens (including phenoxy) is 1. The van der Waals surface area contributed by atoms with Crippen LogP contribution in [0.15, 0.2) is 6.07 Å². The van der Waals surface area contributed by atoms with Crippen LogP contribution in [0.25, 0.3) is 0 Å². The van der Waals surface area contributed by atoms with Gasteiger partial charge in [-0.1, -0.05) is 0 Å². The van der Waals surface area contributed by atoms with Crippen molar-refractivity contribution in [1.29, 1.82) is 0 Å². The molecular weight excluding hydrogens is 326 g/mol. The number of hydrogen-bond acceptors (Lipinski definition) is 5. The molecule has 24 heavy (non-hydrogen) atoms. The second kappa shape index (κ2) is 6.06. The predicted octanol–water partition coefficient (Wildman–Crippen LogP) is 2.72. The number of aromatic carboxylic acids is 1. The summed E-state index contributed by atoms with van der Waals surface area (Å²) in [6.07, 6.45) is 4.56. The Kier molecular flexibility index (Phi) is 4.36. The van der Waals surface area contributed by atoms with Gasteiger partial charge in [-0.05, 0) is 64.5 Å². The zero-order valence-corrected chi connectivity index (χ0v) is 15.3. The zero-order valence-electron chi connectivity index (χ0n) is 14.5. The van der Waals surface area contributed by atoms with Gasteiger partial charge in [0, 0.05) is 23.4 Å². The van der Waals surface area contributed by atoms with Crippen LogP contribution in [-0.4, -0.2) is 35.7 Å². The number of thiophene rings is 1. The van der Waals surface area contributed by atoms with Crippen LogP contribution in [0, 0.1) is 0 Å². The predicted molar refractivity (Wildman–Crippen MR) is 90.3 cm³/mol. The lowest BCUT2D eigenvalue weighted by molar-refractivity contribution is -0.254. The highest BCUT2D eigenvalue weighted by Gasteiger charge is 2.42. The average Bonchev–Trinajstić information content (AvgIpc) is 2.92. The van der Waals surface area contributed by atoms with Crippen molar-refractivity contribution in [2.75, 3.05) is 13.1 Å². The summed E-state index contributed by atoms with van der Waals surface area (Å²) in [6, 6.07) is 1.79. The van der Waals surface area contributed by atoms with Gasteiger partial charge in [-0.15, -0.1) is 11.3 Å². The first kappa shape index (κ1) is 17.3. The van der Waals surface area contributed by atoms with Crippen LogP contribution >= 0.6 is 11.3 Å². The van der Waals surface area contributed by atoms with Gasteiger partial charge in [0.15, 0.2) is 0 Å². The molecule has 5 nitrogen and oxygen atoms in total. The number of rotatable bonds is 1. The fraction of sp³-hybridized carbons (Fsp3) is 0.667. The number of carbonyl (C=O) groups excluding carboxylic acids is 2. The lowest BCUT2D eigenvalue weighted by Gasteiger charge is -2.44. The van der Waals surface area contributed by atoms with Gasteiger partial charge in [0.25, 0.3) is 0 Å². The van der Waals surface area contributed by atoms with E-state index < -0.39 is 11.6 Å². The van der Waals surface area contributed by atoms with Crippen molar-refractivity contribution < 1.29 is 19.4 Å². The molecule has 1 aliphatic carbocycles. The van der Waals surface area contributed by atoms with Crippen LogP contribution in [0.4, 0.5) is 4.79 Å². The fourth-order valence-corrected chi connectivity index (χ4v) is 5.13. The highest BCUT2D eigenvalue weighted by atomic mass is 32.1. The molecule has 132 valence electrons. The second-order valence-corrected chi connectivity index (χ2v) is 8.91. The van der Waals surface area contributed by atoms with Crippen LogP contribution in [0.3, 0.4) is 0 Å². The van der Waals surface area contributed by atoms with Gasteiger partial charge in [0.05, 0.1) is 10.8 Å². The maximum absolute atomic E-state index is 12.2. The van der Waals surface area contributed by atoms with E-state index in [9.17, 15) is 14.7 Å². The van der Waals surface area contributed by atoms with E-state index in [0.29, 0.717) is 18.0 Å². The summed E-state index contributed by atoms with van der Waals surface area (Å²) >= 11 is 1.37. The minimum Gasteiger partial charge on any atom is -0.544 e. The Morgan fingerprint density at radius 2 is 1.92 bits per heavy atom. The van der Waals surface area contributed by atoms with E-state index in [1.807, 2.05) is 20.8 Å². The number of hydrogen-bond donors (Lipinski definition) is 0. The summed E-state index contributed by atoms with van der Waals surface area (Å²) in [4.78, 5) is 26.7. The first-order valence-corrected chi connectivity index (χ1v) is 9.34. The molecule has 3 rings (SSSR count). The van der Waals surface area contributed by atoms with E-state index in [1.54, 1.807) is 11.0 Å². The minimum atomic E-state index is -1.09. The van der Waals surface area contributed by atoms with Crippen LogP contribution in [0.2, 0.25) is 0 Å². The maximum Gasteiger partial charge on any atom is 0.410 e. The molecule has 0 saturated carbocycles. The molecule has 0 unspecified atom stereocenters. The van der Waals surface area contributed by atoms with E-state index >= 15 is 0 Å². The number of carbonyl (C=O) groups is 2. The number of nitrogens with zero attached hydrogens (tertiary/aromatic N) is 1. The first-order valence-electron chi connectivity index (χ1n) is 8.53. The van der Waals surface area contributed by atoms with E-state index in [-0.39, 0.29) is 11.5 Å². The van der Waals surface area contributed by atoms with Crippen molar-refractivity contribution in [3.63, 3.8) is 0 Å². The quantitative estimate of drug-likeness (QED) is 0.781. The molecule has 1 aromatic heterocycles. The van der Waals surface area contributed by atoms with Crippen molar-refractivity contribution in [1.82, 2.24) is 4.90 Å². The molecular formula is C18H24NO4S-. The van der Waals surface area contributed by atoms with Gasteiger partial charge in [-0.25, -0.2) is 4.79 Å². The summed E-state index contributed by atoms with van der Waals surface area (Å²) in [5.41, 5.74) is 0.697. The monoisotopic (exact) mass is 350 g/mol. The number of fused-ring (bicyclic) bond motifs is 2. The largest absolute Gasteiger partial charge is 0.544 e. The zero-order chi connectivity index (χ0) is 17.5. The van der Waals surface area contributed by atoms with Crippen LogP contribution in [0.5, 0.6) is 0 Å². The third-order valence-corrected chi connectivity index (χ3v) is 6.37. The standard InChI is InChI=1S/C18H25NO4S/c1-17(2,3)23-16(22)19-9-7-18(8-10-19)6-4-5-12-11-13(15(20)21)24-14(12)18/h11H,4-10H2,1-3H3,(H,20,21)/p-1. The van der Waals surface area contributed by atoms with Crippen molar-refractivity contribution >= 4 is 23.4 Å². The minimum absolute atomic E-state index is 0.0183. The molecule has 0 N–H and O–H groups in total. The van der Waals surface area contributed by atoms with Gasteiger partial charge >= 0.3 is 6.09 Å². The molecule has 0 atom stereocenters. The first-order chi connectivity index (χ1) is 11.2. The Morgan fingerprint density at radius 1 is 1.25 bits per heavy atom. The van der Waals surface area contributed by atoms with Crippen molar-refractivity contribution in [3.05, 3.63) is 21.4 Å². The highest BCUT2D eigenvalue weighted by Crippen LogP contribution is 2.48. The van der Waals surface area contributed by atoms with Crippen molar-refractivity contribution in [3.8, 4) is 0 Å². The lowest BCUT2D eigenvalue weighted by Crippen LogP contribution is -2.47. The molecule has 2 heterocycles. The Hall–Kier alpha value is -1.56. The van der Waals surface area contributed by atoms with Crippen LogP contribution in [0.1, 0.15) is 66.6 Å². The van der Waals surface area contributed by atoms with Crippen LogP contribution in [-0.2, 0) is 16.6 Å². The maximum atomic E-state index is 12.2. The molecule has 1 saturated heterocycles.